The summed E-state index contributed by atoms with van der Waals surface area (Å²) in [6, 6.07) is 9.32. The highest BCUT2D eigenvalue weighted by atomic mass is 35.5. The average molecular weight is 405 g/mol. The quantitative estimate of drug-likeness (QED) is 0.617. The first kappa shape index (κ1) is 19.4. The van der Waals surface area contributed by atoms with E-state index in [-0.39, 0.29) is 17.7 Å². The molecule has 142 valence electrons. The molecule has 0 fully saturated rings. The molecular formula is C19H21ClN4O2S. The molecule has 0 unspecified atom stereocenters. The van der Waals surface area contributed by atoms with Crippen LogP contribution in [0.3, 0.4) is 0 Å². The Morgan fingerprint density at radius 1 is 1.22 bits per heavy atom. The van der Waals surface area contributed by atoms with Gasteiger partial charge in [-0.15, -0.1) is 11.3 Å². The van der Waals surface area contributed by atoms with Crippen LogP contribution in [-0.4, -0.2) is 34.7 Å². The van der Waals surface area contributed by atoms with Crippen LogP contribution in [0.15, 0.2) is 30.3 Å². The van der Waals surface area contributed by atoms with E-state index in [1.165, 1.54) is 11.3 Å². The van der Waals surface area contributed by atoms with Crippen molar-refractivity contribution in [3.8, 4) is 5.69 Å². The third-order valence-corrected chi connectivity index (χ3v) is 5.51. The van der Waals surface area contributed by atoms with Gasteiger partial charge >= 0.3 is 0 Å². The predicted octanol–water partition coefficient (Wildman–Crippen LogP) is 3.55. The number of aryl methyl sites for hydroxylation is 1. The normalized spacial score (nSPS) is 11.1. The molecule has 0 atom stereocenters. The molecule has 0 aliphatic rings. The number of para-hydroxylation sites is 1. The Morgan fingerprint density at radius 3 is 2.63 bits per heavy atom. The topological polar surface area (TPSA) is 76.0 Å². The monoisotopic (exact) mass is 404 g/mol. The lowest BCUT2D eigenvalue weighted by Crippen LogP contribution is -2.36. The number of carbonyl (C=O) groups is 2. The molecule has 27 heavy (non-hydrogen) atoms. The molecule has 0 radical (unpaired) electrons. The number of nitrogens with zero attached hydrogens (tertiary/aromatic N) is 2. The lowest BCUT2D eigenvalue weighted by Gasteiger charge is -2.08. The molecule has 0 spiro atoms. The average Bonchev–Trinajstić information content (AvgIpc) is 3.20. The minimum absolute atomic E-state index is 0.0263. The van der Waals surface area contributed by atoms with Gasteiger partial charge in [0.25, 0.3) is 5.91 Å². The summed E-state index contributed by atoms with van der Waals surface area (Å²) in [5.41, 5.74) is 1.62. The van der Waals surface area contributed by atoms with E-state index >= 15 is 0 Å². The summed E-state index contributed by atoms with van der Waals surface area (Å²) in [5.74, 6) is -0.263. The third kappa shape index (κ3) is 4.14. The number of rotatable bonds is 6. The van der Waals surface area contributed by atoms with Gasteiger partial charge in [0.1, 0.15) is 4.83 Å². The van der Waals surface area contributed by atoms with E-state index in [0.717, 1.165) is 21.6 Å². The van der Waals surface area contributed by atoms with Crippen molar-refractivity contribution in [2.24, 2.45) is 5.92 Å². The Labute approximate surface area is 166 Å². The first-order valence-corrected chi connectivity index (χ1v) is 9.88. The molecule has 0 aliphatic heterocycles. The molecule has 1 aromatic carbocycles. The summed E-state index contributed by atoms with van der Waals surface area (Å²) in [6.07, 6.45) is 0. The maximum absolute atomic E-state index is 12.4. The van der Waals surface area contributed by atoms with Crippen LogP contribution >= 0.6 is 22.9 Å². The number of fused-ring (bicyclic) bond motifs is 1. The summed E-state index contributed by atoms with van der Waals surface area (Å²) >= 11 is 7.67. The highest BCUT2D eigenvalue weighted by Gasteiger charge is 2.18. The number of carbonyl (C=O) groups excluding carboxylic acids is 2. The molecule has 2 N–H and O–H groups in total. The molecule has 0 saturated carbocycles. The highest BCUT2D eigenvalue weighted by Crippen LogP contribution is 2.32. The number of halogens is 1. The van der Waals surface area contributed by atoms with Crippen molar-refractivity contribution in [1.29, 1.82) is 0 Å². The summed E-state index contributed by atoms with van der Waals surface area (Å²) in [4.78, 5) is 25.5. The number of benzene rings is 1. The van der Waals surface area contributed by atoms with Gasteiger partial charge in [0.15, 0.2) is 0 Å². The van der Waals surface area contributed by atoms with Crippen molar-refractivity contribution in [2.75, 3.05) is 13.1 Å². The number of aromatic nitrogens is 2. The van der Waals surface area contributed by atoms with E-state index in [2.05, 4.69) is 15.7 Å². The summed E-state index contributed by atoms with van der Waals surface area (Å²) in [7, 11) is 0. The Bertz CT molecular complexity index is 993. The predicted molar refractivity (Wildman–Crippen MR) is 109 cm³/mol. The van der Waals surface area contributed by atoms with Crippen LogP contribution in [0.4, 0.5) is 0 Å². The molecule has 6 nitrogen and oxygen atoms in total. The van der Waals surface area contributed by atoms with Crippen LogP contribution in [0.1, 0.15) is 29.2 Å². The largest absolute Gasteiger partial charge is 0.354 e. The van der Waals surface area contributed by atoms with Gasteiger partial charge in [-0.3, -0.25) is 9.59 Å². The highest BCUT2D eigenvalue weighted by molar-refractivity contribution is 7.20. The molecule has 3 aromatic rings. The smallest absolute Gasteiger partial charge is 0.261 e. The van der Waals surface area contributed by atoms with E-state index in [0.29, 0.717) is 23.0 Å². The zero-order chi connectivity index (χ0) is 19.6. The third-order valence-electron chi connectivity index (χ3n) is 4.08. The van der Waals surface area contributed by atoms with Crippen LogP contribution in [0, 0.1) is 12.8 Å². The second-order valence-electron chi connectivity index (χ2n) is 6.48. The van der Waals surface area contributed by atoms with Crippen LogP contribution in [0.25, 0.3) is 15.9 Å². The molecule has 3 rings (SSSR count). The molecular weight excluding hydrogens is 384 g/mol. The fraction of sp³-hybridized carbons (Fsp3) is 0.316. The first-order valence-electron chi connectivity index (χ1n) is 8.68. The lowest BCUT2D eigenvalue weighted by atomic mass is 10.2. The number of thiophene rings is 1. The first-order chi connectivity index (χ1) is 12.9. The van der Waals surface area contributed by atoms with Crippen molar-refractivity contribution in [1.82, 2.24) is 20.4 Å². The number of hydrogen-bond donors (Lipinski definition) is 2. The fourth-order valence-corrected chi connectivity index (χ4v) is 3.91. The van der Waals surface area contributed by atoms with Crippen molar-refractivity contribution in [3.63, 3.8) is 0 Å². The van der Waals surface area contributed by atoms with E-state index in [4.69, 9.17) is 11.6 Å². The summed E-state index contributed by atoms with van der Waals surface area (Å²) in [5, 5.41) is 11.7. The Hall–Kier alpha value is -2.38. The summed E-state index contributed by atoms with van der Waals surface area (Å²) in [6.45, 7) is 6.35. The Kier molecular flexibility index (Phi) is 5.82. The van der Waals surface area contributed by atoms with E-state index in [1.54, 1.807) is 4.68 Å². The lowest BCUT2D eigenvalue weighted by molar-refractivity contribution is -0.123. The van der Waals surface area contributed by atoms with E-state index in [9.17, 15) is 9.59 Å². The zero-order valence-electron chi connectivity index (χ0n) is 15.4. The summed E-state index contributed by atoms with van der Waals surface area (Å²) < 4.78 is 1.78. The molecule has 8 heteroatoms. The van der Waals surface area contributed by atoms with Crippen molar-refractivity contribution >= 4 is 45.0 Å². The number of nitrogens with one attached hydrogen (secondary N) is 2. The SMILES string of the molecule is Cc1nn(-c2ccccc2Cl)c2sc(C(=O)NCCNC(=O)C(C)C)cc12. The molecule has 0 aliphatic carbocycles. The molecule has 0 bridgehead atoms. The molecule has 2 aromatic heterocycles. The van der Waals surface area contributed by atoms with Crippen molar-refractivity contribution in [2.45, 2.75) is 20.8 Å². The molecule has 2 amide bonds. The maximum atomic E-state index is 12.4. The standard InChI is InChI=1S/C19H21ClN4O2S/c1-11(2)17(25)21-8-9-22-18(26)16-10-13-12(3)23-24(19(13)27-16)15-7-5-4-6-14(15)20/h4-7,10-11H,8-9H2,1-3H3,(H,21,25)(H,22,26). The molecule has 0 saturated heterocycles. The van der Waals surface area contributed by atoms with Crippen LogP contribution in [0.2, 0.25) is 5.02 Å². The van der Waals surface area contributed by atoms with E-state index in [1.807, 2.05) is 51.1 Å². The second kappa shape index (κ2) is 8.10. The van der Waals surface area contributed by atoms with Crippen molar-refractivity contribution < 1.29 is 9.59 Å². The van der Waals surface area contributed by atoms with Gasteiger partial charge in [0, 0.05) is 24.4 Å². The van der Waals surface area contributed by atoms with Gasteiger partial charge in [-0.1, -0.05) is 37.6 Å². The second-order valence-corrected chi connectivity index (χ2v) is 7.92. The minimum Gasteiger partial charge on any atom is -0.354 e. The Morgan fingerprint density at radius 2 is 1.93 bits per heavy atom. The van der Waals surface area contributed by atoms with Gasteiger partial charge in [0.05, 0.1) is 21.3 Å². The fourth-order valence-electron chi connectivity index (χ4n) is 2.60. The van der Waals surface area contributed by atoms with Crippen LogP contribution in [0.5, 0.6) is 0 Å². The maximum Gasteiger partial charge on any atom is 0.261 e. The van der Waals surface area contributed by atoms with Crippen molar-refractivity contribution in [3.05, 3.63) is 45.9 Å². The van der Waals surface area contributed by atoms with Crippen LogP contribution in [-0.2, 0) is 4.79 Å². The zero-order valence-corrected chi connectivity index (χ0v) is 16.9. The van der Waals surface area contributed by atoms with Gasteiger partial charge in [-0.25, -0.2) is 4.68 Å². The Balaban J connectivity index is 1.75. The van der Waals surface area contributed by atoms with E-state index < -0.39 is 0 Å². The number of hydrogen-bond acceptors (Lipinski definition) is 4. The number of amides is 2. The van der Waals surface area contributed by atoms with Gasteiger partial charge < -0.3 is 10.6 Å². The van der Waals surface area contributed by atoms with Gasteiger partial charge in [-0.05, 0) is 25.1 Å². The molecule has 2 heterocycles. The van der Waals surface area contributed by atoms with Gasteiger partial charge in [-0.2, -0.15) is 5.10 Å². The minimum atomic E-state index is -0.167. The van der Waals surface area contributed by atoms with Crippen LogP contribution < -0.4 is 10.6 Å². The van der Waals surface area contributed by atoms with Gasteiger partial charge in [0.2, 0.25) is 5.91 Å².